The number of nitriles is 1. The van der Waals surface area contributed by atoms with Gasteiger partial charge in [-0.1, -0.05) is 17.7 Å². The first-order chi connectivity index (χ1) is 8.08. The Morgan fingerprint density at radius 3 is 2.65 bits per heavy atom. The van der Waals surface area contributed by atoms with E-state index in [-0.39, 0.29) is 5.92 Å². The van der Waals surface area contributed by atoms with Crippen LogP contribution in [0.25, 0.3) is 0 Å². The van der Waals surface area contributed by atoms with Gasteiger partial charge in [0, 0.05) is 0 Å². The molecule has 3 nitrogen and oxygen atoms in total. The summed E-state index contributed by atoms with van der Waals surface area (Å²) in [5.41, 5.74) is 0.945. The Balaban J connectivity index is 2.83. The van der Waals surface area contributed by atoms with Crippen LogP contribution in [0, 0.1) is 11.3 Å². The molecule has 1 aromatic rings. The summed E-state index contributed by atoms with van der Waals surface area (Å²) in [6.45, 7) is 0.877. The summed E-state index contributed by atoms with van der Waals surface area (Å²) in [7, 11) is 5.57. The Hall–Kier alpha value is -1.24. The first-order valence-electron chi connectivity index (χ1n) is 5.46. The molecule has 0 saturated heterocycles. The molecule has 1 aromatic carbocycles. The van der Waals surface area contributed by atoms with Crippen LogP contribution in [-0.4, -0.2) is 32.6 Å². The first-order valence-corrected chi connectivity index (χ1v) is 5.84. The Labute approximate surface area is 108 Å². The predicted octanol–water partition coefficient (Wildman–Crippen LogP) is 2.91. The van der Waals surface area contributed by atoms with E-state index in [4.69, 9.17) is 21.6 Å². The van der Waals surface area contributed by atoms with Gasteiger partial charge in [0.15, 0.2) is 0 Å². The highest BCUT2D eigenvalue weighted by molar-refractivity contribution is 6.32. The Kier molecular flexibility index (Phi) is 5.27. The molecule has 17 heavy (non-hydrogen) atoms. The summed E-state index contributed by atoms with van der Waals surface area (Å²) in [6, 6.07) is 7.82. The maximum Gasteiger partial charge on any atom is 0.137 e. The lowest BCUT2D eigenvalue weighted by Gasteiger charge is -2.14. The zero-order chi connectivity index (χ0) is 12.8. The minimum absolute atomic E-state index is 0.124. The van der Waals surface area contributed by atoms with Gasteiger partial charge in [-0.15, -0.1) is 0 Å². The van der Waals surface area contributed by atoms with Gasteiger partial charge in [-0.25, -0.2) is 0 Å². The van der Waals surface area contributed by atoms with Crippen molar-refractivity contribution in [1.29, 1.82) is 5.26 Å². The molecule has 0 aliphatic heterocycles. The van der Waals surface area contributed by atoms with E-state index in [1.54, 1.807) is 13.2 Å². The van der Waals surface area contributed by atoms with Crippen LogP contribution in [0.15, 0.2) is 18.2 Å². The summed E-state index contributed by atoms with van der Waals surface area (Å²) < 4.78 is 5.09. The predicted molar refractivity (Wildman–Crippen MR) is 69.5 cm³/mol. The quantitative estimate of drug-likeness (QED) is 0.809. The zero-order valence-corrected chi connectivity index (χ0v) is 11.2. The van der Waals surface area contributed by atoms with Crippen LogP contribution < -0.4 is 4.74 Å². The molecule has 92 valence electrons. The molecular weight excluding hydrogens is 236 g/mol. The second-order valence-electron chi connectivity index (χ2n) is 4.17. The Morgan fingerprint density at radius 2 is 2.18 bits per heavy atom. The third-order valence-electron chi connectivity index (χ3n) is 2.60. The molecule has 0 heterocycles. The number of hydrogen-bond donors (Lipinski definition) is 0. The van der Waals surface area contributed by atoms with Crippen molar-refractivity contribution in [3.05, 3.63) is 28.8 Å². The van der Waals surface area contributed by atoms with Crippen molar-refractivity contribution in [2.45, 2.75) is 12.3 Å². The molecule has 1 rings (SSSR count). The van der Waals surface area contributed by atoms with Crippen LogP contribution in [0.3, 0.4) is 0 Å². The number of benzene rings is 1. The van der Waals surface area contributed by atoms with Gasteiger partial charge in [0.1, 0.15) is 5.75 Å². The van der Waals surface area contributed by atoms with Gasteiger partial charge in [-0.3, -0.25) is 0 Å². The molecule has 4 heteroatoms. The molecule has 0 saturated carbocycles. The minimum Gasteiger partial charge on any atom is -0.495 e. The first kappa shape index (κ1) is 13.8. The molecular formula is C13H17ClN2O. The molecule has 1 atom stereocenters. The lowest BCUT2D eigenvalue weighted by atomic mass is 9.97. The monoisotopic (exact) mass is 252 g/mol. The fourth-order valence-electron chi connectivity index (χ4n) is 1.59. The number of methoxy groups -OCH3 is 1. The van der Waals surface area contributed by atoms with E-state index in [1.165, 1.54) is 0 Å². The third kappa shape index (κ3) is 3.92. The van der Waals surface area contributed by atoms with Crippen LogP contribution in [0.5, 0.6) is 5.75 Å². The van der Waals surface area contributed by atoms with E-state index >= 15 is 0 Å². The van der Waals surface area contributed by atoms with Crippen molar-refractivity contribution in [2.75, 3.05) is 27.7 Å². The highest BCUT2D eigenvalue weighted by Gasteiger charge is 2.12. The molecule has 0 aliphatic carbocycles. The SMILES string of the molecule is COc1ccc(C(C#N)CCN(C)C)cc1Cl. The highest BCUT2D eigenvalue weighted by atomic mass is 35.5. The second-order valence-corrected chi connectivity index (χ2v) is 4.57. The van der Waals surface area contributed by atoms with Crippen molar-refractivity contribution >= 4 is 11.6 Å². The van der Waals surface area contributed by atoms with E-state index in [0.29, 0.717) is 10.8 Å². The molecule has 1 unspecified atom stereocenters. The van der Waals surface area contributed by atoms with Crippen LogP contribution >= 0.6 is 11.6 Å². The Bertz CT molecular complexity index is 412. The van der Waals surface area contributed by atoms with Gasteiger partial charge in [0.25, 0.3) is 0 Å². The van der Waals surface area contributed by atoms with Crippen LogP contribution in [0.4, 0.5) is 0 Å². The van der Waals surface area contributed by atoms with Crippen molar-refractivity contribution in [1.82, 2.24) is 4.90 Å². The molecule has 0 bridgehead atoms. The molecule has 0 aliphatic rings. The topological polar surface area (TPSA) is 36.3 Å². The van der Waals surface area contributed by atoms with Gasteiger partial charge < -0.3 is 9.64 Å². The van der Waals surface area contributed by atoms with E-state index in [1.807, 2.05) is 26.2 Å². The molecule has 0 aromatic heterocycles. The second kappa shape index (κ2) is 6.48. The smallest absolute Gasteiger partial charge is 0.137 e. The average molecular weight is 253 g/mol. The van der Waals surface area contributed by atoms with E-state index < -0.39 is 0 Å². The van der Waals surface area contributed by atoms with E-state index in [2.05, 4.69) is 11.0 Å². The Morgan fingerprint density at radius 1 is 1.47 bits per heavy atom. The number of nitrogens with zero attached hydrogens (tertiary/aromatic N) is 2. The fraction of sp³-hybridized carbons (Fsp3) is 0.462. The zero-order valence-electron chi connectivity index (χ0n) is 10.4. The number of halogens is 1. The summed E-state index contributed by atoms with van der Waals surface area (Å²) in [4.78, 5) is 2.06. The largest absolute Gasteiger partial charge is 0.495 e. The maximum absolute atomic E-state index is 9.17. The highest BCUT2D eigenvalue weighted by Crippen LogP contribution is 2.29. The van der Waals surface area contributed by atoms with Crippen LogP contribution in [-0.2, 0) is 0 Å². The van der Waals surface area contributed by atoms with Crippen LogP contribution in [0.1, 0.15) is 17.9 Å². The summed E-state index contributed by atoms with van der Waals surface area (Å²) in [6.07, 6.45) is 0.798. The summed E-state index contributed by atoms with van der Waals surface area (Å²) in [5, 5.41) is 9.72. The number of hydrogen-bond acceptors (Lipinski definition) is 3. The number of ether oxygens (including phenoxy) is 1. The molecule has 0 N–H and O–H groups in total. The standard InChI is InChI=1S/C13H17ClN2O/c1-16(2)7-6-11(9-15)10-4-5-13(17-3)12(14)8-10/h4-5,8,11H,6-7H2,1-3H3. The van der Waals surface area contributed by atoms with Gasteiger partial charge in [-0.2, -0.15) is 5.26 Å². The molecule has 0 spiro atoms. The average Bonchev–Trinajstić information content (AvgIpc) is 2.29. The van der Waals surface area contributed by atoms with Crippen molar-refractivity contribution in [2.24, 2.45) is 0 Å². The van der Waals surface area contributed by atoms with Crippen LogP contribution in [0.2, 0.25) is 5.02 Å². The van der Waals surface area contributed by atoms with E-state index in [9.17, 15) is 0 Å². The van der Waals surface area contributed by atoms with Gasteiger partial charge in [0.05, 0.1) is 24.1 Å². The van der Waals surface area contributed by atoms with Crippen molar-refractivity contribution in [3.63, 3.8) is 0 Å². The minimum atomic E-state index is -0.124. The molecule has 0 fully saturated rings. The lowest BCUT2D eigenvalue weighted by molar-refractivity contribution is 0.393. The molecule has 0 radical (unpaired) electrons. The van der Waals surface area contributed by atoms with E-state index in [0.717, 1.165) is 18.5 Å². The van der Waals surface area contributed by atoms with Gasteiger partial charge in [0.2, 0.25) is 0 Å². The van der Waals surface area contributed by atoms with Gasteiger partial charge in [-0.05, 0) is 44.8 Å². The maximum atomic E-state index is 9.17. The fourth-order valence-corrected chi connectivity index (χ4v) is 1.86. The van der Waals surface area contributed by atoms with Crippen molar-refractivity contribution < 1.29 is 4.74 Å². The summed E-state index contributed by atoms with van der Waals surface area (Å²) in [5.74, 6) is 0.514. The van der Waals surface area contributed by atoms with Crippen molar-refractivity contribution in [3.8, 4) is 11.8 Å². The number of rotatable bonds is 5. The lowest BCUT2D eigenvalue weighted by Crippen LogP contribution is -2.15. The summed E-state index contributed by atoms with van der Waals surface area (Å²) >= 11 is 6.05. The van der Waals surface area contributed by atoms with Gasteiger partial charge >= 0.3 is 0 Å². The third-order valence-corrected chi connectivity index (χ3v) is 2.89. The molecule has 0 amide bonds. The normalized spacial score (nSPS) is 12.2.